The summed E-state index contributed by atoms with van der Waals surface area (Å²) in [5.74, 6) is 0.365. The zero-order chi connectivity index (χ0) is 19.6. The topological polar surface area (TPSA) is 115 Å². The smallest absolute Gasteiger partial charge is 0.287 e. The van der Waals surface area contributed by atoms with E-state index in [-0.39, 0.29) is 18.0 Å². The molecule has 0 fully saturated rings. The summed E-state index contributed by atoms with van der Waals surface area (Å²) in [6, 6.07) is 10.8. The van der Waals surface area contributed by atoms with E-state index >= 15 is 0 Å². The lowest BCUT2D eigenvalue weighted by Gasteiger charge is -2.11. The van der Waals surface area contributed by atoms with Crippen LogP contribution in [-0.4, -0.2) is 29.6 Å². The minimum atomic E-state index is -1.00. The van der Waals surface area contributed by atoms with Crippen LogP contribution in [0.3, 0.4) is 0 Å². The Morgan fingerprint density at radius 2 is 2.00 bits per heavy atom. The predicted octanol–water partition coefficient (Wildman–Crippen LogP) is 3.12. The minimum Gasteiger partial charge on any atom is -0.497 e. The molecule has 2 N–H and O–H groups in total. The summed E-state index contributed by atoms with van der Waals surface area (Å²) in [4.78, 5) is 22.6. The first-order valence-electron chi connectivity index (χ1n) is 8.18. The SMILES string of the molecule is COc1ccc2oc(C(=O)NCC(O)c3ccc([N+](=O)[O-])cc3)c(C)c2c1. The van der Waals surface area contributed by atoms with Gasteiger partial charge in [0.05, 0.1) is 18.1 Å². The highest BCUT2D eigenvalue weighted by Gasteiger charge is 2.19. The van der Waals surface area contributed by atoms with E-state index < -0.39 is 16.9 Å². The van der Waals surface area contributed by atoms with E-state index in [0.29, 0.717) is 22.5 Å². The second kappa shape index (κ2) is 7.46. The van der Waals surface area contributed by atoms with Crippen LogP contribution in [0.25, 0.3) is 11.0 Å². The predicted molar refractivity (Wildman–Crippen MR) is 97.9 cm³/mol. The Labute approximate surface area is 154 Å². The molecule has 8 heteroatoms. The fourth-order valence-corrected chi connectivity index (χ4v) is 2.75. The molecule has 3 rings (SSSR count). The van der Waals surface area contributed by atoms with Crippen LogP contribution < -0.4 is 10.1 Å². The average Bonchev–Trinajstić information content (AvgIpc) is 3.02. The number of non-ortho nitro benzene ring substituents is 1. The molecule has 0 aliphatic rings. The van der Waals surface area contributed by atoms with Crippen molar-refractivity contribution in [3.05, 3.63) is 69.5 Å². The monoisotopic (exact) mass is 370 g/mol. The number of carbonyl (C=O) groups excluding carboxylic acids is 1. The van der Waals surface area contributed by atoms with Gasteiger partial charge in [-0.1, -0.05) is 0 Å². The van der Waals surface area contributed by atoms with Crippen LogP contribution in [0, 0.1) is 17.0 Å². The summed E-state index contributed by atoms with van der Waals surface area (Å²) in [7, 11) is 1.56. The van der Waals surface area contributed by atoms with Gasteiger partial charge in [0.15, 0.2) is 5.76 Å². The van der Waals surface area contributed by atoms with Gasteiger partial charge in [0.25, 0.3) is 11.6 Å². The lowest BCUT2D eigenvalue weighted by Crippen LogP contribution is -2.28. The number of carbonyl (C=O) groups is 1. The Hall–Kier alpha value is -3.39. The number of methoxy groups -OCH3 is 1. The molecule has 0 bridgehead atoms. The van der Waals surface area contributed by atoms with Crippen LogP contribution >= 0.6 is 0 Å². The van der Waals surface area contributed by atoms with Crippen molar-refractivity contribution < 1.29 is 24.0 Å². The Morgan fingerprint density at radius 3 is 2.63 bits per heavy atom. The van der Waals surface area contributed by atoms with Crippen molar-refractivity contribution in [2.45, 2.75) is 13.0 Å². The molecule has 0 aliphatic heterocycles. The fraction of sp³-hybridized carbons (Fsp3) is 0.211. The van der Waals surface area contributed by atoms with Gasteiger partial charge in [0.2, 0.25) is 0 Å². The number of benzene rings is 2. The number of rotatable bonds is 6. The van der Waals surface area contributed by atoms with Crippen LogP contribution in [0.15, 0.2) is 46.9 Å². The van der Waals surface area contributed by atoms with E-state index in [4.69, 9.17) is 9.15 Å². The summed E-state index contributed by atoms with van der Waals surface area (Å²) in [5, 5.41) is 24.3. The molecule has 3 aromatic rings. The molecular weight excluding hydrogens is 352 g/mol. The van der Waals surface area contributed by atoms with Crippen molar-refractivity contribution in [1.29, 1.82) is 0 Å². The molecule has 1 aromatic heterocycles. The molecule has 2 aromatic carbocycles. The molecule has 1 heterocycles. The molecular formula is C19H18N2O6. The second-order valence-corrected chi connectivity index (χ2v) is 5.99. The van der Waals surface area contributed by atoms with E-state index in [1.54, 1.807) is 32.2 Å². The van der Waals surface area contributed by atoms with Gasteiger partial charge in [-0.3, -0.25) is 14.9 Å². The van der Waals surface area contributed by atoms with E-state index in [1.165, 1.54) is 24.3 Å². The van der Waals surface area contributed by atoms with Gasteiger partial charge in [-0.25, -0.2) is 0 Å². The summed E-state index contributed by atoms with van der Waals surface area (Å²) in [6.07, 6.45) is -1.00. The van der Waals surface area contributed by atoms with Gasteiger partial charge in [0.1, 0.15) is 11.3 Å². The third-order valence-electron chi connectivity index (χ3n) is 4.29. The molecule has 8 nitrogen and oxygen atoms in total. The molecule has 0 spiro atoms. The summed E-state index contributed by atoms with van der Waals surface area (Å²) in [5.41, 5.74) is 1.64. The normalized spacial score (nSPS) is 12.0. The lowest BCUT2D eigenvalue weighted by molar-refractivity contribution is -0.384. The molecule has 1 unspecified atom stereocenters. The fourth-order valence-electron chi connectivity index (χ4n) is 2.75. The molecule has 0 saturated heterocycles. The highest BCUT2D eigenvalue weighted by atomic mass is 16.6. The maximum atomic E-state index is 12.4. The van der Waals surface area contributed by atoms with Gasteiger partial charge in [-0.05, 0) is 42.8 Å². The van der Waals surface area contributed by atoms with Gasteiger partial charge < -0.3 is 19.6 Å². The summed E-state index contributed by atoms with van der Waals surface area (Å²) in [6.45, 7) is 1.71. The number of nitro benzene ring substituents is 1. The number of fused-ring (bicyclic) bond motifs is 1. The molecule has 0 radical (unpaired) electrons. The average molecular weight is 370 g/mol. The number of nitrogens with one attached hydrogen (secondary N) is 1. The van der Waals surface area contributed by atoms with Crippen LogP contribution in [0.5, 0.6) is 5.75 Å². The second-order valence-electron chi connectivity index (χ2n) is 5.99. The summed E-state index contributed by atoms with van der Waals surface area (Å²) < 4.78 is 10.8. The highest BCUT2D eigenvalue weighted by Crippen LogP contribution is 2.28. The number of aryl methyl sites for hydroxylation is 1. The van der Waals surface area contributed by atoms with Gasteiger partial charge >= 0.3 is 0 Å². The molecule has 0 aliphatic carbocycles. The Morgan fingerprint density at radius 1 is 1.30 bits per heavy atom. The van der Waals surface area contributed by atoms with Crippen molar-refractivity contribution in [1.82, 2.24) is 5.32 Å². The Balaban J connectivity index is 1.71. The number of hydrogen-bond donors (Lipinski definition) is 2. The molecule has 27 heavy (non-hydrogen) atoms. The number of aliphatic hydroxyl groups is 1. The van der Waals surface area contributed by atoms with Crippen molar-refractivity contribution in [2.24, 2.45) is 0 Å². The first kappa shape index (κ1) is 18.4. The van der Waals surface area contributed by atoms with Crippen molar-refractivity contribution in [3.63, 3.8) is 0 Å². The third kappa shape index (κ3) is 3.75. The van der Waals surface area contributed by atoms with Crippen molar-refractivity contribution in [2.75, 3.05) is 13.7 Å². The Bertz CT molecular complexity index is 993. The molecule has 1 amide bonds. The zero-order valence-electron chi connectivity index (χ0n) is 14.8. The maximum absolute atomic E-state index is 12.4. The largest absolute Gasteiger partial charge is 0.497 e. The Kier molecular flexibility index (Phi) is 5.09. The number of nitrogens with zero attached hydrogens (tertiary/aromatic N) is 1. The van der Waals surface area contributed by atoms with Crippen LogP contribution in [-0.2, 0) is 0 Å². The molecule has 140 valence electrons. The van der Waals surface area contributed by atoms with Crippen LogP contribution in [0.2, 0.25) is 0 Å². The van der Waals surface area contributed by atoms with E-state index in [9.17, 15) is 20.0 Å². The molecule has 1 atom stereocenters. The highest BCUT2D eigenvalue weighted by molar-refractivity contribution is 5.99. The van der Waals surface area contributed by atoms with Crippen LogP contribution in [0.1, 0.15) is 27.8 Å². The number of ether oxygens (including phenoxy) is 1. The quantitative estimate of drug-likeness (QED) is 0.509. The van der Waals surface area contributed by atoms with Crippen molar-refractivity contribution in [3.8, 4) is 5.75 Å². The number of amides is 1. The number of hydrogen-bond acceptors (Lipinski definition) is 6. The zero-order valence-corrected chi connectivity index (χ0v) is 14.8. The molecule has 0 saturated carbocycles. The van der Waals surface area contributed by atoms with E-state index in [2.05, 4.69) is 5.32 Å². The first-order valence-corrected chi connectivity index (χ1v) is 8.18. The maximum Gasteiger partial charge on any atom is 0.287 e. The third-order valence-corrected chi connectivity index (χ3v) is 4.29. The lowest BCUT2D eigenvalue weighted by atomic mass is 10.1. The first-order chi connectivity index (χ1) is 12.9. The van der Waals surface area contributed by atoms with Gasteiger partial charge in [-0.2, -0.15) is 0 Å². The van der Waals surface area contributed by atoms with Crippen LogP contribution in [0.4, 0.5) is 5.69 Å². The van der Waals surface area contributed by atoms with E-state index in [0.717, 1.165) is 5.39 Å². The minimum absolute atomic E-state index is 0.0591. The number of furan rings is 1. The van der Waals surface area contributed by atoms with E-state index in [1.807, 2.05) is 0 Å². The standard InChI is InChI=1S/C19H18N2O6/c1-11-15-9-14(26-2)7-8-17(15)27-18(11)19(23)20-10-16(22)12-3-5-13(6-4-12)21(24)25/h3-9,16,22H,10H2,1-2H3,(H,20,23). The summed E-state index contributed by atoms with van der Waals surface area (Å²) >= 11 is 0. The number of nitro groups is 1. The van der Waals surface area contributed by atoms with Gasteiger partial charge in [0, 0.05) is 29.6 Å². The van der Waals surface area contributed by atoms with Gasteiger partial charge in [-0.15, -0.1) is 0 Å². The number of aliphatic hydroxyl groups excluding tert-OH is 1. The van der Waals surface area contributed by atoms with Crippen molar-refractivity contribution >= 4 is 22.6 Å².